The van der Waals surface area contributed by atoms with Crippen molar-refractivity contribution in [3.05, 3.63) is 57.8 Å². The minimum absolute atomic E-state index is 0.123. The molecule has 0 unspecified atom stereocenters. The molecule has 0 atom stereocenters. The van der Waals surface area contributed by atoms with Crippen LogP contribution in [-0.2, 0) is 0 Å². The third kappa shape index (κ3) is 3.63. The first-order chi connectivity index (χ1) is 8.97. The maximum Gasteiger partial charge on any atom is 0.253 e. The van der Waals surface area contributed by atoms with Crippen LogP contribution in [0.25, 0.3) is 0 Å². The Morgan fingerprint density at radius 1 is 1.05 bits per heavy atom. The molecule has 2 aromatic rings. The molecule has 0 bridgehead atoms. The zero-order valence-electron chi connectivity index (χ0n) is 9.29. The molecule has 0 saturated carbocycles. The molecule has 0 radical (unpaired) electrons. The number of carbonyl (C=O) groups excluding carboxylic acids is 1. The average Bonchev–Trinajstić information content (AvgIpc) is 2.36. The van der Waals surface area contributed by atoms with Crippen molar-refractivity contribution in [1.82, 2.24) is 0 Å². The van der Waals surface area contributed by atoms with Crippen LogP contribution in [0.2, 0.25) is 10.0 Å². The van der Waals surface area contributed by atoms with Gasteiger partial charge in [0, 0.05) is 9.79 Å². The first kappa shape index (κ1) is 14.7. The van der Waals surface area contributed by atoms with Gasteiger partial charge in [0.1, 0.15) is 5.82 Å². The van der Waals surface area contributed by atoms with E-state index in [0.29, 0.717) is 14.9 Å². The van der Waals surface area contributed by atoms with Gasteiger partial charge in [0.25, 0.3) is 5.24 Å². The fourth-order valence-electron chi connectivity index (χ4n) is 1.41. The van der Waals surface area contributed by atoms with Crippen LogP contribution in [0, 0.1) is 5.82 Å². The summed E-state index contributed by atoms with van der Waals surface area (Å²) in [5.41, 5.74) is 0.123. The van der Waals surface area contributed by atoms with E-state index in [1.165, 1.54) is 23.9 Å². The molecule has 19 heavy (non-hydrogen) atoms. The van der Waals surface area contributed by atoms with Gasteiger partial charge in [-0.15, -0.1) is 0 Å². The second-order valence-electron chi connectivity index (χ2n) is 3.59. The van der Waals surface area contributed by atoms with Crippen molar-refractivity contribution in [3.8, 4) is 0 Å². The topological polar surface area (TPSA) is 17.1 Å². The second-order valence-corrected chi connectivity index (χ2v) is 5.87. The van der Waals surface area contributed by atoms with Crippen molar-refractivity contribution in [1.29, 1.82) is 0 Å². The zero-order chi connectivity index (χ0) is 14.0. The van der Waals surface area contributed by atoms with Gasteiger partial charge in [-0.25, -0.2) is 4.39 Å². The summed E-state index contributed by atoms with van der Waals surface area (Å²) >= 11 is 18.4. The molecule has 0 aliphatic carbocycles. The van der Waals surface area contributed by atoms with Crippen molar-refractivity contribution < 1.29 is 9.18 Å². The first-order valence-corrected chi connectivity index (χ1v) is 7.04. The number of hydrogen-bond acceptors (Lipinski definition) is 2. The van der Waals surface area contributed by atoms with Gasteiger partial charge in [-0.05, 0) is 48.0 Å². The van der Waals surface area contributed by atoms with Crippen LogP contribution < -0.4 is 0 Å². The Balaban J connectivity index is 2.37. The average molecular weight is 336 g/mol. The highest BCUT2D eigenvalue weighted by atomic mass is 35.5. The maximum atomic E-state index is 13.1. The summed E-state index contributed by atoms with van der Waals surface area (Å²) in [5, 5.41) is 0.147. The minimum Gasteiger partial charge on any atom is -0.276 e. The van der Waals surface area contributed by atoms with E-state index >= 15 is 0 Å². The lowest BCUT2D eigenvalue weighted by Gasteiger charge is -2.07. The van der Waals surface area contributed by atoms with Crippen molar-refractivity contribution in [2.45, 2.75) is 9.79 Å². The summed E-state index contributed by atoms with van der Waals surface area (Å²) in [6.07, 6.45) is 0. The monoisotopic (exact) mass is 334 g/mol. The highest BCUT2D eigenvalue weighted by Crippen LogP contribution is 2.34. The molecule has 0 spiro atoms. The fourth-order valence-corrected chi connectivity index (χ4v) is 2.95. The third-order valence-corrected chi connectivity index (χ3v) is 4.28. The number of carbonyl (C=O) groups is 1. The molecule has 98 valence electrons. The normalized spacial score (nSPS) is 10.5. The highest BCUT2D eigenvalue weighted by Gasteiger charge is 2.12. The summed E-state index contributed by atoms with van der Waals surface area (Å²) in [6, 6.07) is 8.94. The molecule has 2 rings (SSSR count). The number of rotatable bonds is 3. The number of halogens is 4. The smallest absolute Gasteiger partial charge is 0.253 e. The Bertz CT molecular complexity index is 646. The Labute approximate surface area is 128 Å². The fraction of sp³-hybridized carbons (Fsp3) is 0. The van der Waals surface area contributed by atoms with E-state index in [1.807, 2.05) is 0 Å². The predicted octanol–water partition coefficient (Wildman–Crippen LogP) is 5.66. The molecular weight excluding hydrogens is 330 g/mol. The molecular formula is C13H6Cl3FOS. The zero-order valence-corrected chi connectivity index (χ0v) is 12.4. The molecule has 0 saturated heterocycles. The van der Waals surface area contributed by atoms with E-state index < -0.39 is 11.1 Å². The van der Waals surface area contributed by atoms with Gasteiger partial charge in [0.2, 0.25) is 0 Å². The lowest BCUT2D eigenvalue weighted by atomic mass is 10.2. The predicted molar refractivity (Wildman–Crippen MR) is 77.2 cm³/mol. The molecule has 0 amide bonds. The maximum absolute atomic E-state index is 13.1. The quantitative estimate of drug-likeness (QED) is 0.673. The lowest BCUT2D eigenvalue weighted by molar-refractivity contribution is 0.107. The summed E-state index contributed by atoms with van der Waals surface area (Å²) < 4.78 is 13.1. The Hall–Kier alpha value is -0.740. The summed E-state index contributed by atoms with van der Waals surface area (Å²) in [6.45, 7) is 0. The molecule has 0 aliphatic heterocycles. The van der Waals surface area contributed by atoms with Gasteiger partial charge in [0.15, 0.2) is 0 Å². The van der Waals surface area contributed by atoms with E-state index in [9.17, 15) is 9.18 Å². The molecule has 0 aliphatic rings. The van der Waals surface area contributed by atoms with E-state index in [-0.39, 0.29) is 5.56 Å². The van der Waals surface area contributed by atoms with Crippen LogP contribution in [0.5, 0.6) is 0 Å². The summed E-state index contributed by atoms with van der Waals surface area (Å²) in [4.78, 5) is 12.6. The van der Waals surface area contributed by atoms with Crippen molar-refractivity contribution >= 4 is 51.8 Å². The number of hydrogen-bond donors (Lipinski definition) is 0. The molecule has 0 fully saturated rings. The lowest BCUT2D eigenvalue weighted by Crippen LogP contribution is -1.93. The Kier molecular flexibility index (Phi) is 4.74. The van der Waals surface area contributed by atoms with Gasteiger partial charge < -0.3 is 0 Å². The molecule has 0 aromatic heterocycles. The SMILES string of the molecule is O=C(Cl)c1cc(F)ccc1Sc1ccc(Cl)c(Cl)c1. The second kappa shape index (κ2) is 6.14. The van der Waals surface area contributed by atoms with Crippen LogP contribution in [0.3, 0.4) is 0 Å². The van der Waals surface area contributed by atoms with Crippen LogP contribution in [0.15, 0.2) is 46.2 Å². The van der Waals surface area contributed by atoms with Gasteiger partial charge in [-0.1, -0.05) is 35.0 Å². The highest BCUT2D eigenvalue weighted by molar-refractivity contribution is 7.99. The Morgan fingerprint density at radius 2 is 1.79 bits per heavy atom. The van der Waals surface area contributed by atoms with Crippen molar-refractivity contribution in [2.24, 2.45) is 0 Å². The molecule has 0 N–H and O–H groups in total. The molecule has 1 nitrogen and oxygen atoms in total. The molecule has 0 heterocycles. The summed E-state index contributed by atoms with van der Waals surface area (Å²) in [7, 11) is 0. The van der Waals surface area contributed by atoms with Crippen LogP contribution in [0.4, 0.5) is 4.39 Å². The Morgan fingerprint density at radius 3 is 2.42 bits per heavy atom. The van der Waals surface area contributed by atoms with E-state index in [1.54, 1.807) is 18.2 Å². The van der Waals surface area contributed by atoms with E-state index in [2.05, 4.69) is 0 Å². The third-order valence-electron chi connectivity index (χ3n) is 2.27. The van der Waals surface area contributed by atoms with Gasteiger partial charge >= 0.3 is 0 Å². The van der Waals surface area contributed by atoms with E-state index in [4.69, 9.17) is 34.8 Å². The molecule has 2 aromatic carbocycles. The number of benzene rings is 2. The van der Waals surface area contributed by atoms with Crippen molar-refractivity contribution in [3.63, 3.8) is 0 Å². The van der Waals surface area contributed by atoms with E-state index in [0.717, 1.165) is 11.0 Å². The van der Waals surface area contributed by atoms with Crippen LogP contribution >= 0.6 is 46.6 Å². The van der Waals surface area contributed by atoms with Crippen LogP contribution in [0.1, 0.15) is 10.4 Å². The largest absolute Gasteiger partial charge is 0.276 e. The van der Waals surface area contributed by atoms with Crippen molar-refractivity contribution in [2.75, 3.05) is 0 Å². The van der Waals surface area contributed by atoms with Gasteiger partial charge in [-0.3, -0.25) is 4.79 Å². The summed E-state index contributed by atoms with van der Waals surface area (Å²) in [5.74, 6) is -0.512. The minimum atomic E-state index is -0.706. The van der Waals surface area contributed by atoms with Gasteiger partial charge in [-0.2, -0.15) is 0 Å². The first-order valence-electron chi connectivity index (χ1n) is 5.09. The van der Waals surface area contributed by atoms with Crippen LogP contribution in [-0.4, -0.2) is 5.24 Å². The molecule has 6 heteroatoms. The van der Waals surface area contributed by atoms with Gasteiger partial charge in [0.05, 0.1) is 15.6 Å². The standard InChI is InChI=1S/C13H6Cl3FOS/c14-10-3-2-8(6-11(10)15)19-12-4-1-7(17)5-9(12)13(16)18/h1-6H.